The van der Waals surface area contributed by atoms with E-state index in [4.69, 9.17) is 0 Å². The molecule has 2 amide bonds. The lowest BCUT2D eigenvalue weighted by atomic mass is 10.0. The molecular formula is C13H19F3N2O3. The van der Waals surface area contributed by atoms with Crippen molar-refractivity contribution in [2.24, 2.45) is 0 Å². The summed E-state index contributed by atoms with van der Waals surface area (Å²) in [6.07, 6.45) is -1.73. The van der Waals surface area contributed by atoms with Crippen molar-refractivity contribution in [1.82, 2.24) is 9.80 Å². The van der Waals surface area contributed by atoms with Gasteiger partial charge < -0.3 is 14.5 Å². The van der Waals surface area contributed by atoms with Crippen molar-refractivity contribution in [3.05, 3.63) is 0 Å². The molecule has 1 atom stereocenters. The van der Waals surface area contributed by atoms with Crippen molar-refractivity contribution in [1.29, 1.82) is 0 Å². The van der Waals surface area contributed by atoms with E-state index in [-0.39, 0.29) is 37.9 Å². The first kappa shape index (κ1) is 16.1. The summed E-state index contributed by atoms with van der Waals surface area (Å²) in [4.78, 5) is 27.4. The smallest absolute Gasteiger partial charge is 0.370 e. The summed E-state index contributed by atoms with van der Waals surface area (Å²) in [6.45, 7) is -0.560. The van der Waals surface area contributed by atoms with Crippen LogP contribution in [0, 0.1) is 0 Å². The Kier molecular flexibility index (Phi) is 5.08. The number of carbonyl (C=O) groups excluding carboxylic acids is 2. The number of hydrogen-bond acceptors (Lipinski definition) is 3. The molecule has 0 spiro atoms. The van der Waals surface area contributed by atoms with E-state index in [1.165, 1.54) is 4.90 Å². The molecule has 2 saturated heterocycles. The van der Waals surface area contributed by atoms with Gasteiger partial charge in [0.1, 0.15) is 12.6 Å². The SMILES string of the molecule is O=C1C2CCCCN2C(=O)CCN1CCOCC(F)(F)F. The highest BCUT2D eigenvalue weighted by atomic mass is 19.4. The van der Waals surface area contributed by atoms with E-state index in [1.807, 2.05) is 0 Å². The molecule has 0 aromatic heterocycles. The third-order valence-corrected chi connectivity index (χ3v) is 3.79. The van der Waals surface area contributed by atoms with E-state index in [9.17, 15) is 22.8 Å². The molecule has 2 fully saturated rings. The minimum atomic E-state index is -4.36. The summed E-state index contributed by atoms with van der Waals surface area (Å²) < 4.78 is 40.5. The first-order valence-corrected chi connectivity index (χ1v) is 7.11. The Balaban J connectivity index is 1.88. The van der Waals surface area contributed by atoms with Gasteiger partial charge in [-0.3, -0.25) is 9.59 Å². The average Bonchev–Trinajstić information content (AvgIpc) is 2.55. The number of alkyl halides is 3. The Morgan fingerprint density at radius 2 is 1.95 bits per heavy atom. The van der Waals surface area contributed by atoms with Gasteiger partial charge in [-0.25, -0.2) is 0 Å². The highest BCUT2D eigenvalue weighted by Gasteiger charge is 2.37. The number of halogens is 3. The fourth-order valence-corrected chi connectivity index (χ4v) is 2.77. The van der Waals surface area contributed by atoms with E-state index in [2.05, 4.69) is 4.74 Å². The molecule has 1 unspecified atom stereocenters. The van der Waals surface area contributed by atoms with Crippen LogP contribution in [0.25, 0.3) is 0 Å². The third-order valence-electron chi connectivity index (χ3n) is 3.79. The lowest BCUT2D eigenvalue weighted by molar-refractivity contribution is -0.175. The summed E-state index contributed by atoms with van der Waals surface area (Å²) in [6, 6.07) is -0.448. The number of fused-ring (bicyclic) bond motifs is 1. The van der Waals surface area contributed by atoms with Gasteiger partial charge in [-0.2, -0.15) is 13.2 Å². The number of hydrogen-bond donors (Lipinski definition) is 0. The van der Waals surface area contributed by atoms with Crippen LogP contribution in [0.5, 0.6) is 0 Å². The van der Waals surface area contributed by atoms with E-state index in [1.54, 1.807) is 4.90 Å². The van der Waals surface area contributed by atoms with Crippen LogP contribution in [0.4, 0.5) is 13.2 Å². The van der Waals surface area contributed by atoms with Gasteiger partial charge in [-0.1, -0.05) is 0 Å². The van der Waals surface area contributed by atoms with Crippen LogP contribution in [0.3, 0.4) is 0 Å². The second-order valence-electron chi connectivity index (χ2n) is 5.34. The van der Waals surface area contributed by atoms with Crippen molar-refractivity contribution < 1.29 is 27.5 Å². The van der Waals surface area contributed by atoms with E-state index >= 15 is 0 Å². The maximum absolute atomic E-state index is 12.4. The van der Waals surface area contributed by atoms with Gasteiger partial charge in [-0.05, 0) is 19.3 Å². The van der Waals surface area contributed by atoms with Gasteiger partial charge in [0.05, 0.1) is 6.61 Å². The van der Waals surface area contributed by atoms with Crippen LogP contribution in [0.1, 0.15) is 25.7 Å². The monoisotopic (exact) mass is 308 g/mol. The molecule has 120 valence electrons. The number of ether oxygens (including phenoxy) is 1. The standard InChI is InChI=1S/C13H19F3N2O3/c14-13(15,16)9-21-8-7-17-6-4-11(19)18-5-2-1-3-10(18)12(17)20/h10H,1-9H2. The van der Waals surface area contributed by atoms with Gasteiger partial charge in [0.15, 0.2) is 0 Å². The Labute approximate surface area is 121 Å². The molecule has 2 aliphatic heterocycles. The van der Waals surface area contributed by atoms with E-state index in [0.717, 1.165) is 12.8 Å². The molecule has 2 rings (SSSR count). The van der Waals surface area contributed by atoms with Crippen LogP contribution in [-0.4, -0.2) is 66.7 Å². The van der Waals surface area contributed by atoms with Crippen LogP contribution < -0.4 is 0 Å². The van der Waals surface area contributed by atoms with Crippen LogP contribution in [0.2, 0.25) is 0 Å². The zero-order chi connectivity index (χ0) is 15.5. The van der Waals surface area contributed by atoms with Crippen molar-refractivity contribution in [3.8, 4) is 0 Å². The highest BCUT2D eigenvalue weighted by molar-refractivity contribution is 5.90. The Hall–Kier alpha value is -1.31. The summed E-state index contributed by atoms with van der Waals surface area (Å²) in [5, 5.41) is 0. The summed E-state index contributed by atoms with van der Waals surface area (Å²) in [7, 11) is 0. The zero-order valence-electron chi connectivity index (χ0n) is 11.7. The second kappa shape index (κ2) is 6.64. The number of nitrogens with zero attached hydrogens (tertiary/aromatic N) is 2. The van der Waals surface area contributed by atoms with Crippen molar-refractivity contribution in [2.45, 2.75) is 37.9 Å². The molecule has 21 heavy (non-hydrogen) atoms. The second-order valence-corrected chi connectivity index (χ2v) is 5.34. The molecular weight excluding hydrogens is 289 g/mol. The van der Waals surface area contributed by atoms with Crippen LogP contribution in [0.15, 0.2) is 0 Å². The normalized spacial score (nSPS) is 24.0. The molecule has 0 bridgehead atoms. The molecule has 2 heterocycles. The van der Waals surface area contributed by atoms with Gasteiger partial charge in [-0.15, -0.1) is 0 Å². The van der Waals surface area contributed by atoms with Gasteiger partial charge in [0.2, 0.25) is 11.8 Å². The minimum absolute atomic E-state index is 0.0493. The zero-order valence-corrected chi connectivity index (χ0v) is 11.7. The Bertz CT molecular complexity index is 401. The van der Waals surface area contributed by atoms with E-state index < -0.39 is 18.8 Å². The predicted molar refractivity (Wildman–Crippen MR) is 67.4 cm³/mol. The lowest BCUT2D eigenvalue weighted by Gasteiger charge is -2.34. The lowest BCUT2D eigenvalue weighted by Crippen LogP contribution is -2.50. The molecule has 0 saturated carbocycles. The number of piperidine rings is 1. The highest BCUT2D eigenvalue weighted by Crippen LogP contribution is 2.22. The first-order valence-electron chi connectivity index (χ1n) is 7.11. The van der Waals surface area contributed by atoms with Crippen molar-refractivity contribution in [2.75, 3.05) is 32.8 Å². The average molecular weight is 308 g/mol. The molecule has 5 nitrogen and oxygen atoms in total. The van der Waals surface area contributed by atoms with Crippen LogP contribution >= 0.6 is 0 Å². The Morgan fingerprint density at radius 1 is 1.19 bits per heavy atom. The van der Waals surface area contributed by atoms with Crippen molar-refractivity contribution >= 4 is 11.8 Å². The van der Waals surface area contributed by atoms with Crippen LogP contribution in [-0.2, 0) is 14.3 Å². The fourth-order valence-electron chi connectivity index (χ4n) is 2.77. The fraction of sp³-hybridized carbons (Fsp3) is 0.846. The maximum Gasteiger partial charge on any atom is 0.411 e. The quantitative estimate of drug-likeness (QED) is 0.733. The van der Waals surface area contributed by atoms with Gasteiger partial charge in [0.25, 0.3) is 0 Å². The molecule has 8 heteroatoms. The minimum Gasteiger partial charge on any atom is -0.370 e. The van der Waals surface area contributed by atoms with Gasteiger partial charge in [0, 0.05) is 26.1 Å². The predicted octanol–water partition coefficient (Wildman–Crippen LogP) is 1.18. The van der Waals surface area contributed by atoms with Crippen molar-refractivity contribution in [3.63, 3.8) is 0 Å². The third kappa shape index (κ3) is 4.33. The summed E-state index contributed by atoms with van der Waals surface area (Å²) in [5.41, 5.74) is 0. The Morgan fingerprint density at radius 3 is 2.67 bits per heavy atom. The number of rotatable bonds is 4. The first-order chi connectivity index (χ1) is 9.88. The summed E-state index contributed by atoms with van der Waals surface area (Å²) >= 11 is 0. The summed E-state index contributed by atoms with van der Waals surface area (Å²) in [5.74, 6) is -0.220. The molecule has 0 aromatic rings. The molecule has 0 radical (unpaired) electrons. The molecule has 0 N–H and O–H groups in total. The number of amides is 2. The molecule has 0 aliphatic carbocycles. The van der Waals surface area contributed by atoms with Gasteiger partial charge >= 0.3 is 6.18 Å². The largest absolute Gasteiger partial charge is 0.411 e. The topological polar surface area (TPSA) is 49.9 Å². The number of carbonyl (C=O) groups is 2. The maximum atomic E-state index is 12.4. The molecule has 0 aromatic carbocycles. The van der Waals surface area contributed by atoms with E-state index in [0.29, 0.717) is 13.0 Å². The molecule has 2 aliphatic rings.